The fraction of sp³-hybridized carbons (Fsp3) is 0.367. The first-order chi connectivity index (χ1) is 36.3. The third-order valence-electron chi connectivity index (χ3n) is 13.4. The van der Waals surface area contributed by atoms with Crippen molar-refractivity contribution >= 4 is 84.1 Å². The molecule has 2 aliphatic rings. The van der Waals surface area contributed by atoms with Gasteiger partial charge in [-0.05, 0) is 186 Å². The molecule has 0 radical (unpaired) electrons. The van der Waals surface area contributed by atoms with Crippen LogP contribution in [-0.4, -0.2) is 86.3 Å². The lowest BCUT2D eigenvalue weighted by molar-refractivity contribution is -0.157. The molecule has 4 aromatic heterocycles. The maximum absolute atomic E-state index is 12.2. The first-order valence-corrected chi connectivity index (χ1v) is 26.6. The molecular formula is C60H64BBrN6O8. The Morgan fingerprint density at radius 1 is 0.645 bits per heavy atom. The predicted octanol–water partition coefficient (Wildman–Crippen LogP) is 11.4. The van der Waals surface area contributed by atoms with Gasteiger partial charge in [0.25, 0.3) is 0 Å². The summed E-state index contributed by atoms with van der Waals surface area (Å²) in [5, 5.41) is 42.6. The van der Waals surface area contributed by atoms with E-state index in [-0.39, 0.29) is 17.6 Å². The number of piperidine rings is 2. The maximum Gasteiger partial charge on any atom is 0.526 e. The van der Waals surface area contributed by atoms with E-state index in [2.05, 4.69) is 60.0 Å². The second-order valence-corrected chi connectivity index (χ2v) is 22.6. The van der Waals surface area contributed by atoms with Gasteiger partial charge in [0.1, 0.15) is 33.8 Å². The summed E-state index contributed by atoms with van der Waals surface area (Å²) in [4.78, 5) is 37.6. The molecule has 0 atom stereocenters. The number of halogens is 1. The summed E-state index contributed by atoms with van der Waals surface area (Å²) in [7, 11) is -1.53. The Balaban J connectivity index is 0.000000169. The zero-order valence-corrected chi connectivity index (χ0v) is 45.6. The SMILES string of the molecule is CC(C)(C)OC(=O)CC1CCN(Cc2cc(C#N)c3cncc(-c4cc5ccccc5o4)c3c2)CC1.CC(C)(C)OC(=O)CC1CCN(Cc2cc(C#N)c3cncc(Br)c3c2)CC1.OB(O)c1cc2ccccc2o1. The van der Waals surface area contributed by atoms with Crippen molar-refractivity contribution in [1.29, 1.82) is 10.5 Å². The van der Waals surface area contributed by atoms with Crippen LogP contribution >= 0.6 is 15.9 Å². The number of carbonyl (C=O) groups is 2. The summed E-state index contributed by atoms with van der Waals surface area (Å²) in [6, 6.07) is 31.8. The van der Waals surface area contributed by atoms with Crippen molar-refractivity contribution in [1.82, 2.24) is 19.8 Å². The number of nitriles is 2. The molecule has 16 heteroatoms. The Morgan fingerprint density at radius 3 is 1.58 bits per heavy atom. The van der Waals surface area contributed by atoms with Crippen LogP contribution < -0.4 is 5.66 Å². The molecule has 0 bridgehead atoms. The number of nitrogens with zero attached hydrogens (tertiary/aromatic N) is 6. The van der Waals surface area contributed by atoms with E-state index in [1.54, 1.807) is 30.7 Å². The van der Waals surface area contributed by atoms with Gasteiger partial charge in [-0.1, -0.05) is 36.4 Å². The molecule has 6 heterocycles. The number of fused-ring (bicyclic) bond motifs is 4. The number of benzene rings is 4. The number of para-hydroxylation sites is 2. The van der Waals surface area contributed by atoms with Crippen LogP contribution in [0.1, 0.15) is 102 Å². The van der Waals surface area contributed by atoms with Gasteiger partial charge in [0.2, 0.25) is 0 Å². The molecule has 76 heavy (non-hydrogen) atoms. The Labute approximate surface area is 452 Å². The van der Waals surface area contributed by atoms with Crippen LogP contribution in [0.4, 0.5) is 0 Å². The first-order valence-electron chi connectivity index (χ1n) is 25.8. The molecule has 392 valence electrons. The number of pyridine rings is 2. The number of ether oxygens (including phenoxy) is 2. The van der Waals surface area contributed by atoms with E-state index in [1.807, 2.05) is 108 Å². The van der Waals surface area contributed by atoms with E-state index in [1.165, 1.54) is 0 Å². The van der Waals surface area contributed by atoms with Crippen LogP contribution in [0, 0.1) is 34.5 Å². The van der Waals surface area contributed by atoms with E-state index in [0.29, 0.717) is 41.4 Å². The quantitative estimate of drug-likeness (QED) is 0.0968. The van der Waals surface area contributed by atoms with Gasteiger partial charge in [-0.25, -0.2) is 0 Å². The van der Waals surface area contributed by atoms with Crippen molar-refractivity contribution in [2.45, 2.75) is 104 Å². The molecule has 14 nitrogen and oxygen atoms in total. The monoisotopic (exact) mass is 1090 g/mol. The molecule has 0 aliphatic carbocycles. The Bertz CT molecular complexity index is 3360. The minimum absolute atomic E-state index is 0.0994. The molecule has 2 fully saturated rings. The van der Waals surface area contributed by atoms with Crippen molar-refractivity contribution < 1.29 is 37.9 Å². The van der Waals surface area contributed by atoms with Crippen molar-refractivity contribution in [2.75, 3.05) is 26.2 Å². The molecule has 0 unspecified atom stereocenters. The average molecular weight is 1090 g/mol. The number of aromatic nitrogens is 2. The Kier molecular flexibility index (Phi) is 17.8. The predicted molar refractivity (Wildman–Crippen MR) is 299 cm³/mol. The van der Waals surface area contributed by atoms with Gasteiger partial charge in [-0.3, -0.25) is 29.4 Å². The highest BCUT2D eigenvalue weighted by atomic mass is 79.9. The van der Waals surface area contributed by atoms with Crippen LogP contribution in [-0.2, 0) is 32.2 Å². The smallest absolute Gasteiger partial charge is 0.465 e. The van der Waals surface area contributed by atoms with Gasteiger partial charge in [0, 0.05) is 87.7 Å². The first kappa shape index (κ1) is 55.3. The number of likely N-dealkylation sites (tertiary alicyclic amines) is 2. The molecule has 2 aliphatic heterocycles. The fourth-order valence-electron chi connectivity index (χ4n) is 9.89. The van der Waals surface area contributed by atoms with Gasteiger partial charge in [-0.2, -0.15) is 10.5 Å². The molecule has 8 aromatic rings. The summed E-state index contributed by atoms with van der Waals surface area (Å²) in [6.07, 6.45) is 12.0. The number of hydrogen-bond donors (Lipinski definition) is 2. The van der Waals surface area contributed by atoms with Crippen LogP contribution in [0.5, 0.6) is 0 Å². The summed E-state index contributed by atoms with van der Waals surface area (Å²) >= 11 is 3.54. The molecule has 2 saturated heterocycles. The lowest BCUT2D eigenvalue weighted by Crippen LogP contribution is -2.34. The minimum atomic E-state index is -1.53. The van der Waals surface area contributed by atoms with E-state index in [9.17, 15) is 20.1 Å². The molecule has 0 spiro atoms. The lowest BCUT2D eigenvalue weighted by atomic mass is 9.88. The maximum atomic E-state index is 12.2. The van der Waals surface area contributed by atoms with Crippen LogP contribution in [0.2, 0.25) is 0 Å². The average Bonchev–Trinajstić information content (AvgIpc) is 4.02. The van der Waals surface area contributed by atoms with Crippen molar-refractivity contribution in [3.05, 3.63) is 136 Å². The normalized spacial score (nSPS) is 14.8. The largest absolute Gasteiger partial charge is 0.526 e. The standard InChI is InChI=1S/C30H31N3O3.C22H26BrN3O2.C8H7BO3/c1-30(2,3)36-29(34)14-20-8-10-33(11-9-20)19-21-12-23(16-31)25-17-32-18-26(24(25)13-21)28-15-22-6-4-5-7-27(22)35-28;1-22(2,3)28-21(27)10-15-4-6-26(7-5-15)14-16-8-17(11-24)19-12-25-13-20(23)18(19)9-16;10-9(11)8-5-6-3-1-2-4-7(6)12-8/h4-7,12-13,15,17-18,20H,8-11,14,19H2,1-3H3;8-9,12-13,15H,4-7,10,14H2,1-3H3;1-5,10-11H. The zero-order chi connectivity index (χ0) is 54.1. The zero-order valence-electron chi connectivity index (χ0n) is 44.0. The molecule has 2 N–H and O–H groups in total. The topological polar surface area (TPSA) is 199 Å². The lowest BCUT2D eigenvalue weighted by Gasteiger charge is -2.32. The summed E-state index contributed by atoms with van der Waals surface area (Å²) in [5.74, 6) is 1.28. The number of rotatable bonds is 10. The third-order valence-corrected chi connectivity index (χ3v) is 14.1. The minimum Gasteiger partial charge on any atom is -0.465 e. The molecule has 10 rings (SSSR count). The van der Waals surface area contributed by atoms with Crippen LogP contribution in [0.25, 0.3) is 54.8 Å². The van der Waals surface area contributed by atoms with Crippen molar-refractivity contribution in [3.8, 4) is 23.5 Å². The Morgan fingerprint density at radius 2 is 1.11 bits per heavy atom. The highest BCUT2D eigenvalue weighted by Crippen LogP contribution is 2.35. The van der Waals surface area contributed by atoms with Gasteiger partial charge in [0.15, 0.2) is 0 Å². The highest BCUT2D eigenvalue weighted by Gasteiger charge is 2.27. The van der Waals surface area contributed by atoms with Gasteiger partial charge in [-0.15, -0.1) is 0 Å². The van der Waals surface area contributed by atoms with Gasteiger partial charge >= 0.3 is 19.1 Å². The van der Waals surface area contributed by atoms with E-state index < -0.39 is 18.3 Å². The van der Waals surface area contributed by atoms with Crippen molar-refractivity contribution in [3.63, 3.8) is 0 Å². The molecule has 0 saturated carbocycles. The summed E-state index contributed by atoms with van der Waals surface area (Å²) in [5.41, 5.74) is 5.19. The van der Waals surface area contributed by atoms with Crippen LogP contribution in [0.15, 0.2) is 123 Å². The second kappa shape index (κ2) is 24.4. The Hall–Kier alpha value is -6.92. The van der Waals surface area contributed by atoms with Gasteiger partial charge in [0.05, 0.1) is 23.3 Å². The van der Waals surface area contributed by atoms with Gasteiger partial charge < -0.3 is 28.4 Å². The van der Waals surface area contributed by atoms with E-state index >= 15 is 0 Å². The van der Waals surface area contributed by atoms with Crippen molar-refractivity contribution in [2.24, 2.45) is 11.8 Å². The molecule has 4 aromatic carbocycles. The fourth-order valence-corrected chi connectivity index (χ4v) is 10.3. The highest BCUT2D eigenvalue weighted by molar-refractivity contribution is 9.10. The van der Waals surface area contributed by atoms with Crippen LogP contribution in [0.3, 0.4) is 0 Å². The van der Waals surface area contributed by atoms with E-state index in [0.717, 1.165) is 130 Å². The third kappa shape index (κ3) is 14.7. The summed E-state index contributed by atoms with van der Waals surface area (Å²) in [6.45, 7) is 16.7. The number of hydrogen-bond acceptors (Lipinski definition) is 14. The number of furan rings is 2. The second-order valence-electron chi connectivity index (χ2n) is 21.7. The molecule has 0 amide bonds. The number of esters is 2. The summed E-state index contributed by atoms with van der Waals surface area (Å²) < 4.78 is 23.1. The molecular weight excluding hydrogens is 1020 g/mol. The van der Waals surface area contributed by atoms with E-state index in [4.69, 9.17) is 28.4 Å². The number of carbonyl (C=O) groups excluding carboxylic acids is 2.